The Kier molecular flexibility index (Phi) is 5.46. The van der Waals surface area contributed by atoms with E-state index in [1.54, 1.807) is 0 Å². The zero-order valence-corrected chi connectivity index (χ0v) is 17.1. The van der Waals surface area contributed by atoms with Crippen molar-refractivity contribution in [2.45, 2.75) is 64.2 Å². The standard InChI is InChI=1S/C23H29N3S/c1-16-7-6-10-22(17(16)2)25-23(27)24-19-13-20-11-12-21(14-19)26(20)15-18-8-4-3-5-9-18/h3-10,19-21H,11-15H2,1-2H3,(H2,24,25,27)/t20-,21-/m1/s1. The molecule has 4 rings (SSSR count). The summed E-state index contributed by atoms with van der Waals surface area (Å²) in [5.41, 5.74) is 5.08. The number of rotatable bonds is 4. The molecular weight excluding hydrogens is 350 g/mol. The average molecular weight is 380 g/mol. The Balaban J connectivity index is 1.34. The van der Waals surface area contributed by atoms with Gasteiger partial charge in [0.15, 0.2) is 5.11 Å². The van der Waals surface area contributed by atoms with Crippen molar-refractivity contribution in [3.63, 3.8) is 0 Å². The van der Waals surface area contributed by atoms with Crippen LogP contribution in [0.1, 0.15) is 42.4 Å². The second kappa shape index (κ2) is 7.99. The number of hydrogen-bond acceptors (Lipinski definition) is 2. The number of anilines is 1. The van der Waals surface area contributed by atoms with E-state index in [9.17, 15) is 0 Å². The van der Waals surface area contributed by atoms with Gasteiger partial charge in [-0.2, -0.15) is 0 Å². The Morgan fingerprint density at radius 3 is 2.41 bits per heavy atom. The van der Waals surface area contributed by atoms with Crippen LogP contribution in [0.4, 0.5) is 5.69 Å². The van der Waals surface area contributed by atoms with Crippen molar-refractivity contribution in [3.8, 4) is 0 Å². The van der Waals surface area contributed by atoms with E-state index in [1.165, 1.54) is 42.4 Å². The highest BCUT2D eigenvalue weighted by molar-refractivity contribution is 7.80. The first kappa shape index (κ1) is 18.5. The molecule has 2 N–H and O–H groups in total. The fourth-order valence-electron chi connectivity index (χ4n) is 4.67. The minimum Gasteiger partial charge on any atom is -0.360 e. The van der Waals surface area contributed by atoms with Crippen molar-refractivity contribution in [2.75, 3.05) is 5.32 Å². The SMILES string of the molecule is Cc1cccc(NC(=S)NC2C[C@H]3CC[C@H](C2)N3Cc2ccccc2)c1C. The Morgan fingerprint density at radius 1 is 1.00 bits per heavy atom. The Labute approximate surface area is 168 Å². The third kappa shape index (κ3) is 4.17. The molecule has 0 spiro atoms. The summed E-state index contributed by atoms with van der Waals surface area (Å²) in [7, 11) is 0. The molecule has 2 aromatic carbocycles. The summed E-state index contributed by atoms with van der Waals surface area (Å²) in [5, 5.41) is 7.75. The molecule has 0 radical (unpaired) electrons. The number of nitrogens with zero attached hydrogens (tertiary/aromatic N) is 1. The van der Waals surface area contributed by atoms with Crippen molar-refractivity contribution in [2.24, 2.45) is 0 Å². The van der Waals surface area contributed by atoms with Gasteiger partial charge in [-0.3, -0.25) is 4.90 Å². The van der Waals surface area contributed by atoms with Gasteiger partial charge >= 0.3 is 0 Å². The molecule has 0 aliphatic carbocycles. The van der Waals surface area contributed by atoms with E-state index >= 15 is 0 Å². The quantitative estimate of drug-likeness (QED) is 0.747. The molecule has 2 bridgehead atoms. The minimum absolute atomic E-state index is 0.472. The lowest BCUT2D eigenvalue weighted by atomic mass is 9.96. The minimum atomic E-state index is 0.472. The van der Waals surface area contributed by atoms with E-state index in [0.29, 0.717) is 18.1 Å². The van der Waals surface area contributed by atoms with Crippen molar-refractivity contribution < 1.29 is 0 Å². The first-order valence-corrected chi connectivity index (χ1v) is 10.4. The van der Waals surface area contributed by atoms with Crippen molar-refractivity contribution in [1.82, 2.24) is 10.2 Å². The molecule has 2 aliphatic rings. The van der Waals surface area contributed by atoms with Gasteiger partial charge in [0.05, 0.1) is 0 Å². The molecule has 27 heavy (non-hydrogen) atoms. The highest BCUT2D eigenvalue weighted by atomic mass is 32.1. The Bertz CT molecular complexity index is 791. The number of thiocarbonyl (C=S) groups is 1. The van der Waals surface area contributed by atoms with E-state index in [2.05, 4.69) is 77.9 Å². The molecule has 0 unspecified atom stereocenters. The summed E-state index contributed by atoms with van der Waals surface area (Å²) in [6.07, 6.45) is 4.98. The Morgan fingerprint density at radius 2 is 1.70 bits per heavy atom. The fourth-order valence-corrected chi connectivity index (χ4v) is 4.95. The fraction of sp³-hybridized carbons (Fsp3) is 0.435. The monoisotopic (exact) mass is 379 g/mol. The first-order valence-electron chi connectivity index (χ1n) is 10.0. The smallest absolute Gasteiger partial charge is 0.171 e. The third-order valence-electron chi connectivity index (χ3n) is 6.28. The average Bonchev–Trinajstić information content (AvgIpc) is 2.88. The topological polar surface area (TPSA) is 27.3 Å². The second-order valence-electron chi connectivity index (χ2n) is 8.06. The number of hydrogen-bond donors (Lipinski definition) is 2. The molecule has 2 atom stereocenters. The maximum atomic E-state index is 5.62. The van der Waals surface area contributed by atoms with E-state index in [1.807, 2.05) is 0 Å². The molecular formula is C23H29N3S. The van der Waals surface area contributed by atoms with Crippen LogP contribution in [0, 0.1) is 13.8 Å². The van der Waals surface area contributed by atoms with E-state index < -0.39 is 0 Å². The van der Waals surface area contributed by atoms with Crippen LogP contribution in [0.25, 0.3) is 0 Å². The lowest BCUT2D eigenvalue weighted by Gasteiger charge is -2.39. The van der Waals surface area contributed by atoms with E-state index in [4.69, 9.17) is 12.2 Å². The molecule has 2 aromatic rings. The van der Waals surface area contributed by atoms with Crippen molar-refractivity contribution in [1.29, 1.82) is 0 Å². The molecule has 2 aliphatic heterocycles. The summed E-state index contributed by atoms with van der Waals surface area (Å²) in [6.45, 7) is 5.35. The van der Waals surface area contributed by atoms with E-state index in [0.717, 1.165) is 17.3 Å². The highest BCUT2D eigenvalue weighted by Gasteiger charge is 2.40. The summed E-state index contributed by atoms with van der Waals surface area (Å²) < 4.78 is 0. The second-order valence-corrected chi connectivity index (χ2v) is 8.47. The summed E-state index contributed by atoms with van der Waals surface area (Å²) in [5.74, 6) is 0. The van der Waals surface area contributed by atoms with Crippen LogP contribution in [0.5, 0.6) is 0 Å². The van der Waals surface area contributed by atoms with Gasteiger partial charge in [-0.15, -0.1) is 0 Å². The normalized spacial score (nSPS) is 24.6. The van der Waals surface area contributed by atoms with Crippen LogP contribution < -0.4 is 10.6 Å². The van der Waals surface area contributed by atoms with Crippen molar-refractivity contribution in [3.05, 3.63) is 65.2 Å². The number of aryl methyl sites for hydroxylation is 1. The van der Waals surface area contributed by atoms with Crippen LogP contribution >= 0.6 is 12.2 Å². The van der Waals surface area contributed by atoms with Crippen LogP contribution in [0.2, 0.25) is 0 Å². The number of nitrogens with one attached hydrogen (secondary N) is 2. The van der Waals surface area contributed by atoms with Crippen molar-refractivity contribution >= 4 is 23.0 Å². The van der Waals surface area contributed by atoms with Gasteiger partial charge < -0.3 is 10.6 Å². The molecule has 0 amide bonds. The predicted octanol–water partition coefficient (Wildman–Crippen LogP) is 4.79. The molecule has 2 saturated heterocycles. The predicted molar refractivity (Wildman–Crippen MR) is 117 cm³/mol. The third-order valence-corrected chi connectivity index (χ3v) is 6.50. The summed E-state index contributed by atoms with van der Waals surface area (Å²) in [6, 6.07) is 19.0. The van der Waals surface area contributed by atoms with Gasteiger partial charge in [-0.05, 0) is 74.5 Å². The van der Waals surface area contributed by atoms with Gasteiger partial charge in [0.25, 0.3) is 0 Å². The largest absolute Gasteiger partial charge is 0.360 e. The lowest BCUT2D eigenvalue weighted by Crippen LogP contribution is -2.50. The first-order chi connectivity index (χ1) is 13.1. The van der Waals surface area contributed by atoms with Crippen LogP contribution in [-0.4, -0.2) is 28.1 Å². The van der Waals surface area contributed by atoms with E-state index in [-0.39, 0.29) is 0 Å². The van der Waals surface area contributed by atoms with Gasteiger partial charge in [-0.1, -0.05) is 42.5 Å². The van der Waals surface area contributed by atoms with Gasteiger partial charge in [0.1, 0.15) is 0 Å². The zero-order chi connectivity index (χ0) is 18.8. The molecule has 2 fully saturated rings. The zero-order valence-electron chi connectivity index (χ0n) is 16.2. The van der Waals surface area contributed by atoms with Crippen LogP contribution in [0.3, 0.4) is 0 Å². The van der Waals surface area contributed by atoms with Gasteiger partial charge in [-0.25, -0.2) is 0 Å². The van der Waals surface area contributed by atoms with Crippen LogP contribution in [-0.2, 0) is 6.54 Å². The van der Waals surface area contributed by atoms with Gasteiger partial charge in [0, 0.05) is 30.4 Å². The summed E-state index contributed by atoms with van der Waals surface area (Å²) in [4.78, 5) is 2.72. The lowest BCUT2D eigenvalue weighted by molar-refractivity contribution is 0.115. The molecule has 142 valence electrons. The molecule has 0 saturated carbocycles. The maximum absolute atomic E-state index is 5.62. The molecule has 2 heterocycles. The summed E-state index contributed by atoms with van der Waals surface area (Å²) >= 11 is 5.62. The number of piperidine rings is 1. The highest BCUT2D eigenvalue weighted by Crippen LogP contribution is 2.36. The molecule has 4 heteroatoms. The number of fused-ring (bicyclic) bond motifs is 2. The molecule has 3 nitrogen and oxygen atoms in total. The van der Waals surface area contributed by atoms with Gasteiger partial charge in [0.2, 0.25) is 0 Å². The molecule has 0 aromatic heterocycles. The van der Waals surface area contributed by atoms with Crippen LogP contribution in [0.15, 0.2) is 48.5 Å². The number of benzene rings is 2. The Hall–Kier alpha value is -1.91. The maximum Gasteiger partial charge on any atom is 0.171 e.